The second-order valence-electron chi connectivity index (χ2n) is 3.13. The molecule has 0 saturated heterocycles. The highest BCUT2D eigenvalue weighted by Crippen LogP contribution is 2.39. The Labute approximate surface area is 70.0 Å². The van der Waals surface area contributed by atoms with Crippen LogP contribution in [0.1, 0.15) is 12.8 Å². The average Bonchev–Trinajstić information content (AvgIpc) is 2.84. The molecule has 2 rings (SSSR count). The fraction of sp³-hybridized carbons (Fsp3) is 0.500. The first-order valence-corrected chi connectivity index (χ1v) is 3.96. The van der Waals surface area contributed by atoms with Crippen molar-refractivity contribution >= 4 is 5.69 Å². The van der Waals surface area contributed by atoms with E-state index in [2.05, 4.69) is 15.3 Å². The van der Waals surface area contributed by atoms with Crippen LogP contribution >= 0.6 is 0 Å². The minimum absolute atomic E-state index is 0.375. The van der Waals surface area contributed by atoms with Gasteiger partial charge in [-0.2, -0.15) is 0 Å². The molecule has 0 radical (unpaired) electrons. The summed E-state index contributed by atoms with van der Waals surface area (Å²) in [6.07, 6.45) is 6.08. The van der Waals surface area contributed by atoms with E-state index in [-0.39, 0.29) is 0 Å². The van der Waals surface area contributed by atoms with E-state index in [0.717, 1.165) is 5.69 Å². The van der Waals surface area contributed by atoms with Gasteiger partial charge in [0.15, 0.2) is 0 Å². The van der Waals surface area contributed by atoms with Crippen LogP contribution in [0.15, 0.2) is 18.7 Å². The Morgan fingerprint density at radius 2 is 2.08 bits per heavy atom. The van der Waals surface area contributed by atoms with Crippen LogP contribution in [0.25, 0.3) is 0 Å². The Morgan fingerprint density at radius 1 is 1.42 bits per heavy atom. The van der Waals surface area contributed by atoms with E-state index >= 15 is 0 Å². The number of anilines is 1. The monoisotopic (exact) mass is 167 g/mol. The maximum Gasteiger partial charge on any atom is 0.128 e. The van der Waals surface area contributed by atoms with Gasteiger partial charge in [-0.3, -0.25) is 0 Å². The number of nitrogens with one attached hydrogen (secondary N) is 1. The molecule has 1 aromatic rings. The molecule has 1 N–H and O–H groups in total. The molecule has 4 heteroatoms. The summed E-state index contributed by atoms with van der Waals surface area (Å²) in [7, 11) is 0. The van der Waals surface area contributed by atoms with Gasteiger partial charge in [0, 0.05) is 6.54 Å². The van der Waals surface area contributed by atoms with Crippen LogP contribution in [0.4, 0.5) is 10.1 Å². The summed E-state index contributed by atoms with van der Waals surface area (Å²) in [5.41, 5.74) is -0.183. The van der Waals surface area contributed by atoms with Gasteiger partial charge in [0.25, 0.3) is 0 Å². The third-order valence-electron chi connectivity index (χ3n) is 1.96. The molecule has 1 fully saturated rings. The zero-order valence-corrected chi connectivity index (χ0v) is 6.63. The Hall–Kier alpha value is -1.19. The number of hydrogen-bond donors (Lipinski definition) is 1. The highest BCUT2D eigenvalue weighted by Gasteiger charge is 2.42. The normalized spacial score (nSPS) is 18.8. The van der Waals surface area contributed by atoms with Crippen LogP contribution in [0.3, 0.4) is 0 Å². The Bertz CT molecular complexity index is 258. The van der Waals surface area contributed by atoms with Crippen LogP contribution in [0.2, 0.25) is 0 Å². The molecule has 1 aromatic heterocycles. The summed E-state index contributed by atoms with van der Waals surface area (Å²) in [4.78, 5) is 7.62. The van der Waals surface area contributed by atoms with E-state index < -0.39 is 5.67 Å². The lowest BCUT2D eigenvalue weighted by molar-refractivity contribution is 0.326. The van der Waals surface area contributed by atoms with Crippen LogP contribution in [0, 0.1) is 0 Å². The van der Waals surface area contributed by atoms with Gasteiger partial charge in [-0.05, 0) is 12.8 Å². The minimum Gasteiger partial charge on any atom is -0.379 e. The molecule has 0 aromatic carbocycles. The fourth-order valence-corrected chi connectivity index (χ4v) is 0.963. The predicted molar refractivity (Wildman–Crippen MR) is 43.6 cm³/mol. The zero-order valence-electron chi connectivity index (χ0n) is 6.63. The third-order valence-corrected chi connectivity index (χ3v) is 1.96. The molecule has 1 heterocycles. The van der Waals surface area contributed by atoms with Gasteiger partial charge >= 0.3 is 0 Å². The van der Waals surface area contributed by atoms with Crippen LogP contribution in [0.5, 0.6) is 0 Å². The van der Waals surface area contributed by atoms with Gasteiger partial charge in [0.2, 0.25) is 0 Å². The molecule has 1 aliphatic carbocycles. The number of aromatic nitrogens is 2. The molecule has 0 aliphatic heterocycles. The fourth-order valence-electron chi connectivity index (χ4n) is 0.963. The van der Waals surface area contributed by atoms with E-state index in [9.17, 15) is 4.39 Å². The van der Waals surface area contributed by atoms with Crippen LogP contribution < -0.4 is 5.32 Å². The van der Waals surface area contributed by atoms with Crippen molar-refractivity contribution in [1.29, 1.82) is 0 Å². The lowest BCUT2D eigenvalue weighted by Gasteiger charge is -2.06. The largest absolute Gasteiger partial charge is 0.379 e. The molecule has 3 nitrogen and oxygen atoms in total. The van der Waals surface area contributed by atoms with Gasteiger partial charge in [0.05, 0.1) is 18.1 Å². The number of nitrogens with zero attached hydrogens (tertiary/aromatic N) is 2. The molecular weight excluding hydrogens is 157 g/mol. The number of hydrogen-bond acceptors (Lipinski definition) is 3. The summed E-state index contributed by atoms with van der Waals surface area (Å²) >= 11 is 0. The van der Waals surface area contributed by atoms with Gasteiger partial charge in [0.1, 0.15) is 12.0 Å². The maximum atomic E-state index is 13.1. The van der Waals surface area contributed by atoms with Crippen molar-refractivity contribution in [2.75, 3.05) is 11.9 Å². The Kier molecular flexibility index (Phi) is 1.67. The van der Waals surface area contributed by atoms with Gasteiger partial charge in [-0.1, -0.05) is 0 Å². The first kappa shape index (κ1) is 7.46. The van der Waals surface area contributed by atoms with Gasteiger partial charge in [-0.25, -0.2) is 14.4 Å². The molecule has 1 saturated carbocycles. The van der Waals surface area contributed by atoms with E-state index in [0.29, 0.717) is 19.4 Å². The SMILES string of the molecule is FC1(CNc2cncnc2)CC1. The first-order valence-electron chi connectivity index (χ1n) is 3.96. The summed E-state index contributed by atoms with van der Waals surface area (Å²) in [6, 6.07) is 0. The molecule has 64 valence electrons. The molecular formula is C8H10FN3. The van der Waals surface area contributed by atoms with E-state index in [1.54, 1.807) is 12.4 Å². The van der Waals surface area contributed by atoms with Crippen molar-refractivity contribution in [1.82, 2.24) is 9.97 Å². The standard InChI is InChI=1S/C8H10FN3/c9-8(1-2-8)5-12-7-3-10-6-11-4-7/h3-4,6,12H,1-2,5H2. The quantitative estimate of drug-likeness (QED) is 0.739. The summed E-state index contributed by atoms with van der Waals surface area (Å²) in [5.74, 6) is 0. The zero-order chi connectivity index (χ0) is 8.44. The summed E-state index contributed by atoms with van der Waals surface area (Å²) in [5, 5.41) is 2.95. The molecule has 0 atom stereocenters. The number of alkyl halides is 1. The van der Waals surface area contributed by atoms with E-state index in [4.69, 9.17) is 0 Å². The lowest BCUT2D eigenvalue weighted by atomic mass is 10.3. The van der Waals surface area contributed by atoms with E-state index in [1.165, 1.54) is 6.33 Å². The predicted octanol–water partition coefficient (Wildman–Crippen LogP) is 1.39. The van der Waals surface area contributed by atoms with Crippen LogP contribution in [-0.4, -0.2) is 22.2 Å². The van der Waals surface area contributed by atoms with Crippen molar-refractivity contribution in [3.63, 3.8) is 0 Å². The number of rotatable bonds is 3. The van der Waals surface area contributed by atoms with Crippen molar-refractivity contribution in [2.24, 2.45) is 0 Å². The second kappa shape index (κ2) is 2.69. The van der Waals surface area contributed by atoms with Crippen molar-refractivity contribution in [2.45, 2.75) is 18.5 Å². The number of halogens is 1. The average molecular weight is 167 g/mol. The van der Waals surface area contributed by atoms with Gasteiger partial charge < -0.3 is 5.32 Å². The highest BCUT2D eigenvalue weighted by molar-refractivity contribution is 5.38. The smallest absolute Gasteiger partial charge is 0.128 e. The lowest BCUT2D eigenvalue weighted by Crippen LogP contribution is -2.15. The van der Waals surface area contributed by atoms with Crippen molar-refractivity contribution < 1.29 is 4.39 Å². The Balaban J connectivity index is 1.88. The topological polar surface area (TPSA) is 37.8 Å². The van der Waals surface area contributed by atoms with Crippen LogP contribution in [-0.2, 0) is 0 Å². The van der Waals surface area contributed by atoms with Gasteiger partial charge in [-0.15, -0.1) is 0 Å². The molecule has 0 spiro atoms. The summed E-state index contributed by atoms with van der Waals surface area (Å²) in [6.45, 7) is 0.375. The highest BCUT2D eigenvalue weighted by atomic mass is 19.1. The van der Waals surface area contributed by atoms with Crippen molar-refractivity contribution in [3.05, 3.63) is 18.7 Å². The molecule has 1 aliphatic rings. The Morgan fingerprint density at radius 3 is 2.67 bits per heavy atom. The third kappa shape index (κ3) is 1.69. The van der Waals surface area contributed by atoms with Crippen molar-refractivity contribution in [3.8, 4) is 0 Å². The summed E-state index contributed by atoms with van der Waals surface area (Å²) < 4.78 is 13.1. The molecule has 12 heavy (non-hydrogen) atoms. The first-order chi connectivity index (χ1) is 5.79. The molecule has 0 unspecified atom stereocenters. The maximum absolute atomic E-state index is 13.1. The minimum atomic E-state index is -0.962. The second-order valence-corrected chi connectivity index (χ2v) is 3.13. The molecule has 0 amide bonds. The molecule has 0 bridgehead atoms. The van der Waals surface area contributed by atoms with E-state index in [1.807, 2.05) is 0 Å².